The van der Waals surface area contributed by atoms with E-state index < -0.39 is 6.03 Å². The van der Waals surface area contributed by atoms with Gasteiger partial charge in [-0.1, -0.05) is 36.4 Å². The van der Waals surface area contributed by atoms with E-state index in [2.05, 4.69) is 26.1 Å². The maximum absolute atomic E-state index is 13.5. The van der Waals surface area contributed by atoms with Gasteiger partial charge in [0.2, 0.25) is 0 Å². The zero-order valence-corrected chi connectivity index (χ0v) is 13.2. The maximum atomic E-state index is 13.5. The Morgan fingerprint density at radius 2 is 1.52 bits per heavy atom. The first-order valence-corrected chi connectivity index (χ1v) is 7.65. The van der Waals surface area contributed by atoms with Crippen molar-refractivity contribution < 1.29 is 9.18 Å². The second kappa shape index (κ2) is 7.87. The minimum absolute atomic E-state index is 0.279. The fourth-order valence-electron chi connectivity index (χ4n) is 2.12. The van der Waals surface area contributed by atoms with Crippen molar-refractivity contribution in [3.8, 4) is 0 Å². The zero-order chi connectivity index (χ0) is 17.5. The van der Waals surface area contributed by atoms with Crippen molar-refractivity contribution in [1.29, 1.82) is 0 Å². The van der Waals surface area contributed by atoms with Crippen LogP contribution in [0.4, 0.5) is 26.5 Å². The van der Waals surface area contributed by atoms with Gasteiger partial charge < -0.3 is 10.6 Å². The molecule has 3 rings (SSSR count). The summed E-state index contributed by atoms with van der Waals surface area (Å²) in [5.41, 5.74) is 1.21. The second-order valence-electron chi connectivity index (χ2n) is 5.19. The normalized spacial score (nSPS) is 10.1. The molecule has 0 spiro atoms. The minimum Gasteiger partial charge on any atom is -0.364 e. The summed E-state index contributed by atoms with van der Waals surface area (Å²) in [5, 5.41) is 16.1. The monoisotopic (exact) mass is 337 g/mol. The summed E-state index contributed by atoms with van der Waals surface area (Å²) < 4.78 is 13.5. The van der Waals surface area contributed by atoms with Crippen LogP contribution in [0.25, 0.3) is 0 Å². The highest BCUT2D eigenvalue weighted by atomic mass is 19.1. The van der Waals surface area contributed by atoms with E-state index >= 15 is 0 Å². The lowest BCUT2D eigenvalue weighted by molar-refractivity contribution is 0.262. The Morgan fingerprint density at radius 1 is 0.840 bits per heavy atom. The fraction of sp³-hybridized carbons (Fsp3) is 0.0556. The van der Waals surface area contributed by atoms with Crippen LogP contribution in [0.5, 0.6) is 0 Å². The van der Waals surface area contributed by atoms with Crippen molar-refractivity contribution in [2.24, 2.45) is 0 Å². The van der Waals surface area contributed by atoms with Crippen LogP contribution in [-0.4, -0.2) is 16.2 Å². The van der Waals surface area contributed by atoms with E-state index in [-0.39, 0.29) is 5.82 Å². The average molecular weight is 337 g/mol. The van der Waals surface area contributed by atoms with E-state index in [0.29, 0.717) is 29.4 Å². The molecule has 1 heterocycles. The molecule has 0 bridgehead atoms. The van der Waals surface area contributed by atoms with Gasteiger partial charge in [-0.25, -0.2) is 9.18 Å². The number of hydrogen-bond donors (Lipinski definition) is 3. The molecule has 0 fully saturated rings. The topological polar surface area (TPSA) is 78.9 Å². The number of nitrogens with one attached hydrogen (secondary N) is 3. The Morgan fingerprint density at radius 3 is 2.24 bits per heavy atom. The number of anilines is 3. The first-order chi connectivity index (χ1) is 12.2. The van der Waals surface area contributed by atoms with Crippen LogP contribution in [-0.2, 0) is 6.54 Å². The van der Waals surface area contributed by atoms with Gasteiger partial charge in [0.15, 0.2) is 5.82 Å². The predicted molar refractivity (Wildman–Crippen MR) is 94.8 cm³/mol. The molecule has 0 aliphatic rings. The van der Waals surface area contributed by atoms with Gasteiger partial charge in [-0.05, 0) is 30.3 Å². The lowest BCUT2D eigenvalue weighted by Gasteiger charge is -2.08. The number of para-hydroxylation sites is 1. The Balaban J connectivity index is 1.53. The summed E-state index contributed by atoms with van der Waals surface area (Å²) in [6.45, 7) is 0.294. The molecule has 25 heavy (non-hydrogen) atoms. The largest absolute Gasteiger partial charge is 0.364 e. The van der Waals surface area contributed by atoms with Crippen LogP contribution >= 0.6 is 0 Å². The number of aromatic nitrogens is 2. The summed E-state index contributed by atoms with van der Waals surface area (Å²) in [6, 6.07) is 18.4. The second-order valence-corrected chi connectivity index (χ2v) is 5.19. The molecule has 1 aromatic heterocycles. The van der Waals surface area contributed by atoms with Gasteiger partial charge in [0.1, 0.15) is 11.6 Å². The molecule has 7 heteroatoms. The number of rotatable bonds is 5. The number of hydrogen-bond acceptors (Lipinski definition) is 4. The van der Waals surface area contributed by atoms with E-state index in [1.165, 1.54) is 6.07 Å². The molecular weight excluding hydrogens is 321 g/mol. The molecule has 126 valence electrons. The van der Waals surface area contributed by atoms with E-state index in [1.807, 2.05) is 18.2 Å². The summed E-state index contributed by atoms with van der Waals surface area (Å²) >= 11 is 0. The Bertz CT molecular complexity index is 840. The third kappa shape index (κ3) is 4.74. The average Bonchev–Trinajstić information content (AvgIpc) is 2.63. The van der Waals surface area contributed by atoms with Crippen LogP contribution in [0.3, 0.4) is 0 Å². The molecule has 0 radical (unpaired) electrons. The number of halogens is 1. The summed E-state index contributed by atoms with van der Waals surface area (Å²) in [5.74, 6) is 0.515. The third-order valence-corrected chi connectivity index (χ3v) is 3.36. The van der Waals surface area contributed by atoms with Crippen LogP contribution in [0.1, 0.15) is 5.56 Å². The number of benzene rings is 2. The number of carbonyl (C=O) groups excluding carboxylic acids is 1. The highest BCUT2D eigenvalue weighted by Gasteiger charge is 2.05. The quantitative estimate of drug-likeness (QED) is 0.660. The number of carbonyl (C=O) groups is 1. The highest BCUT2D eigenvalue weighted by molar-refractivity contribution is 5.99. The third-order valence-electron chi connectivity index (χ3n) is 3.36. The van der Waals surface area contributed by atoms with Crippen molar-refractivity contribution in [3.63, 3.8) is 0 Å². The lowest BCUT2D eigenvalue weighted by Crippen LogP contribution is -2.20. The van der Waals surface area contributed by atoms with Gasteiger partial charge in [0.25, 0.3) is 0 Å². The number of amides is 2. The van der Waals surface area contributed by atoms with Crippen molar-refractivity contribution in [2.75, 3.05) is 16.0 Å². The van der Waals surface area contributed by atoms with Gasteiger partial charge in [-0.15, -0.1) is 10.2 Å². The van der Waals surface area contributed by atoms with Crippen LogP contribution in [0, 0.1) is 5.82 Å². The van der Waals surface area contributed by atoms with Crippen LogP contribution in [0.2, 0.25) is 0 Å². The van der Waals surface area contributed by atoms with E-state index in [9.17, 15) is 9.18 Å². The molecule has 0 aliphatic heterocycles. The van der Waals surface area contributed by atoms with Gasteiger partial charge in [-0.2, -0.15) is 0 Å². The number of nitrogens with zero attached hydrogens (tertiary/aromatic N) is 2. The molecule has 0 unspecified atom stereocenters. The molecule has 0 saturated heterocycles. The van der Waals surface area contributed by atoms with Crippen LogP contribution < -0.4 is 16.0 Å². The van der Waals surface area contributed by atoms with Crippen molar-refractivity contribution in [1.82, 2.24) is 10.2 Å². The van der Waals surface area contributed by atoms with Gasteiger partial charge in [0, 0.05) is 17.8 Å². The highest BCUT2D eigenvalue weighted by Crippen LogP contribution is 2.11. The van der Waals surface area contributed by atoms with Crippen molar-refractivity contribution in [2.45, 2.75) is 6.54 Å². The molecule has 0 atom stereocenters. The fourth-order valence-corrected chi connectivity index (χ4v) is 2.12. The Kier molecular flexibility index (Phi) is 5.16. The summed E-state index contributed by atoms with van der Waals surface area (Å²) in [4.78, 5) is 11.9. The smallest absolute Gasteiger partial charge is 0.324 e. The van der Waals surface area contributed by atoms with Crippen molar-refractivity contribution >= 4 is 23.4 Å². The molecule has 3 N–H and O–H groups in total. The first kappa shape index (κ1) is 16.4. The van der Waals surface area contributed by atoms with Gasteiger partial charge in [-0.3, -0.25) is 5.32 Å². The molecular formula is C18H16FN5O. The lowest BCUT2D eigenvalue weighted by atomic mass is 10.2. The first-order valence-electron chi connectivity index (χ1n) is 7.65. The Labute approximate surface area is 144 Å². The summed E-state index contributed by atoms with van der Waals surface area (Å²) in [6.07, 6.45) is 0. The zero-order valence-electron chi connectivity index (χ0n) is 13.2. The Hall–Kier alpha value is -3.48. The molecule has 0 aliphatic carbocycles. The summed E-state index contributed by atoms with van der Waals surface area (Å²) in [7, 11) is 0. The van der Waals surface area contributed by atoms with Crippen molar-refractivity contribution in [3.05, 3.63) is 78.1 Å². The minimum atomic E-state index is -0.410. The van der Waals surface area contributed by atoms with E-state index in [1.54, 1.807) is 42.5 Å². The van der Waals surface area contributed by atoms with Gasteiger partial charge >= 0.3 is 6.03 Å². The maximum Gasteiger partial charge on any atom is 0.324 e. The van der Waals surface area contributed by atoms with Crippen LogP contribution in [0.15, 0.2) is 66.7 Å². The molecule has 2 amide bonds. The standard InChI is InChI=1S/C18H16FN5O/c19-15-9-5-4-6-13(15)12-20-16-10-11-17(24-23-16)22-18(25)21-14-7-2-1-3-8-14/h1-11H,12H2,(H,20,23)(H2,21,22,24,25). The van der Waals surface area contributed by atoms with E-state index in [4.69, 9.17) is 0 Å². The number of urea groups is 1. The molecule has 2 aromatic carbocycles. The van der Waals surface area contributed by atoms with E-state index in [0.717, 1.165) is 0 Å². The molecule has 6 nitrogen and oxygen atoms in total. The SMILES string of the molecule is O=C(Nc1ccccc1)Nc1ccc(NCc2ccccc2F)nn1. The van der Waals surface area contributed by atoms with Gasteiger partial charge in [0.05, 0.1) is 0 Å². The molecule has 3 aromatic rings. The predicted octanol–water partition coefficient (Wildman–Crippen LogP) is 3.87. The molecule has 0 saturated carbocycles.